The van der Waals surface area contributed by atoms with Crippen molar-refractivity contribution in [1.29, 1.82) is 0 Å². The highest BCUT2D eigenvalue weighted by Crippen LogP contribution is 2.44. The minimum Gasteiger partial charge on any atom is -0.493 e. The van der Waals surface area contributed by atoms with E-state index in [9.17, 15) is 14.4 Å². The van der Waals surface area contributed by atoms with Gasteiger partial charge < -0.3 is 19.5 Å². The highest BCUT2D eigenvalue weighted by atomic mass is 79.9. The van der Waals surface area contributed by atoms with Gasteiger partial charge in [0.05, 0.1) is 37.1 Å². The number of methoxy groups -OCH3 is 3. The van der Waals surface area contributed by atoms with Crippen LogP contribution in [0.25, 0.3) is 0 Å². The average molecular weight is 433 g/mol. The number of amides is 3. The van der Waals surface area contributed by atoms with E-state index in [0.29, 0.717) is 21.7 Å². The summed E-state index contributed by atoms with van der Waals surface area (Å²) in [5.41, 5.74) is 0.281. The van der Waals surface area contributed by atoms with E-state index in [1.54, 1.807) is 0 Å². The fraction of sp³-hybridized carbons (Fsp3) is 0.400. The summed E-state index contributed by atoms with van der Waals surface area (Å²) in [7, 11) is 4.37. The van der Waals surface area contributed by atoms with Crippen LogP contribution in [-0.4, -0.2) is 62.1 Å². The number of nitrogens with one attached hydrogen (secondary N) is 1. The summed E-state index contributed by atoms with van der Waals surface area (Å²) in [6.07, 6.45) is 0. The number of rotatable bonds is 7. The second-order valence-corrected chi connectivity index (χ2v) is 6.58. The number of benzene rings is 1. The maximum Gasteiger partial charge on any atom is 0.288 e. The Morgan fingerprint density at radius 2 is 1.92 bits per heavy atom. The van der Waals surface area contributed by atoms with Crippen LogP contribution in [0, 0.1) is 0 Å². The van der Waals surface area contributed by atoms with Gasteiger partial charge >= 0.3 is 0 Å². The van der Waals surface area contributed by atoms with Crippen molar-refractivity contribution in [2.45, 2.75) is 0 Å². The Hall–Kier alpha value is -1.94. The monoisotopic (exact) mass is 432 g/mol. The van der Waals surface area contributed by atoms with Crippen molar-refractivity contribution in [3.63, 3.8) is 0 Å². The molecule has 1 fully saturated rings. The molecule has 25 heavy (non-hydrogen) atoms. The van der Waals surface area contributed by atoms with Crippen molar-refractivity contribution in [2.75, 3.05) is 40.2 Å². The molecule has 0 aromatic heterocycles. The van der Waals surface area contributed by atoms with Gasteiger partial charge in [0.1, 0.15) is 0 Å². The quantitative estimate of drug-likeness (QED) is 0.702. The molecular weight excluding hydrogens is 416 g/mol. The summed E-state index contributed by atoms with van der Waals surface area (Å²) in [4.78, 5) is 36.6. The first-order valence-corrected chi connectivity index (χ1v) is 8.96. The van der Waals surface area contributed by atoms with Crippen LogP contribution in [0.15, 0.2) is 10.5 Å². The second kappa shape index (κ2) is 8.43. The van der Waals surface area contributed by atoms with Crippen molar-refractivity contribution in [3.8, 4) is 17.2 Å². The van der Waals surface area contributed by atoms with Gasteiger partial charge in [0.15, 0.2) is 11.5 Å². The zero-order valence-corrected chi connectivity index (χ0v) is 16.3. The maximum atomic E-state index is 12.5. The molecule has 136 valence electrons. The molecule has 3 amide bonds. The minimum absolute atomic E-state index is 0.123. The number of ether oxygens (including phenoxy) is 3. The van der Waals surface area contributed by atoms with Gasteiger partial charge in [-0.3, -0.25) is 19.3 Å². The Labute approximate surface area is 157 Å². The molecule has 1 N–H and O–H groups in total. The van der Waals surface area contributed by atoms with Crippen LogP contribution in [0.5, 0.6) is 17.2 Å². The van der Waals surface area contributed by atoms with Crippen molar-refractivity contribution in [3.05, 3.63) is 16.1 Å². The average Bonchev–Trinajstić information content (AvgIpc) is 2.92. The molecule has 1 saturated heterocycles. The van der Waals surface area contributed by atoms with Gasteiger partial charge in [0.25, 0.3) is 11.1 Å². The summed E-state index contributed by atoms with van der Waals surface area (Å²) < 4.78 is 16.2. The predicted molar refractivity (Wildman–Crippen MR) is 95.7 cm³/mol. The molecule has 0 atom stereocenters. The van der Waals surface area contributed by atoms with Crippen molar-refractivity contribution in [1.82, 2.24) is 10.2 Å². The summed E-state index contributed by atoms with van der Waals surface area (Å²) in [5.74, 6) is 0.516. The van der Waals surface area contributed by atoms with Gasteiger partial charge in [-0.2, -0.15) is 0 Å². The lowest BCUT2D eigenvalue weighted by Crippen LogP contribution is -2.37. The zero-order chi connectivity index (χ0) is 18.6. The lowest BCUT2D eigenvalue weighted by molar-refractivity contribution is -0.124. The number of thioether (sulfide) groups is 1. The van der Waals surface area contributed by atoms with Crippen LogP contribution in [0.3, 0.4) is 0 Å². The van der Waals surface area contributed by atoms with E-state index in [-0.39, 0.29) is 35.6 Å². The third kappa shape index (κ3) is 4.01. The van der Waals surface area contributed by atoms with E-state index in [0.717, 1.165) is 16.7 Å². The molecule has 0 unspecified atom stereocenters. The number of carbonyl (C=O) groups is 3. The van der Waals surface area contributed by atoms with Crippen molar-refractivity contribution < 1.29 is 28.6 Å². The first-order valence-electron chi connectivity index (χ1n) is 7.18. The number of halogens is 1. The van der Waals surface area contributed by atoms with Gasteiger partial charge in [-0.05, 0) is 22.0 Å². The van der Waals surface area contributed by atoms with Crippen LogP contribution in [0.1, 0.15) is 10.4 Å². The standard InChI is InChI=1S/C15H17BrN2O6S/c1-22-9-6-8(11(16)13(24-3)12(9)23-2)14(20)17-4-5-18-10(19)7-25-15(18)21/h6H,4-5,7H2,1-3H3,(H,17,20). The van der Waals surface area contributed by atoms with Gasteiger partial charge in [0.2, 0.25) is 11.7 Å². The largest absolute Gasteiger partial charge is 0.493 e. The first-order chi connectivity index (χ1) is 11.9. The van der Waals surface area contributed by atoms with E-state index in [4.69, 9.17) is 14.2 Å². The summed E-state index contributed by atoms with van der Waals surface area (Å²) in [6, 6.07) is 1.52. The number of hydrogen-bond donors (Lipinski definition) is 1. The Bertz CT molecular complexity index is 696. The second-order valence-electron chi connectivity index (χ2n) is 4.86. The number of nitrogens with zero attached hydrogens (tertiary/aromatic N) is 1. The molecule has 0 bridgehead atoms. The topological polar surface area (TPSA) is 94.2 Å². The van der Waals surface area contributed by atoms with Crippen LogP contribution in [0.4, 0.5) is 4.79 Å². The molecule has 1 aliphatic heterocycles. The summed E-state index contributed by atoms with van der Waals surface area (Å²) in [5, 5.41) is 2.37. The van der Waals surface area contributed by atoms with E-state index >= 15 is 0 Å². The summed E-state index contributed by atoms with van der Waals surface area (Å²) >= 11 is 4.29. The predicted octanol–water partition coefficient (Wildman–Crippen LogP) is 1.90. The lowest BCUT2D eigenvalue weighted by Gasteiger charge is -2.17. The molecule has 0 aliphatic carbocycles. The Kier molecular flexibility index (Phi) is 6.54. The molecule has 0 spiro atoms. The molecule has 1 heterocycles. The fourth-order valence-electron chi connectivity index (χ4n) is 2.26. The maximum absolute atomic E-state index is 12.5. The Morgan fingerprint density at radius 1 is 1.24 bits per heavy atom. The SMILES string of the molecule is COc1cc(C(=O)NCCN2C(=O)CSC2=O)c(Br)c(OC)c1OC. The van der Waals surface area contributed by atoms with Gasteiger partial charge in [0, 0.05) is 13.1 Å². The van der Waals surface area contributed by atoms with Gasteiger partial charge in [-0.15, -0.1) is 0 Å². The van der Waals surface area contributed by atoms with Crippen LogP contribution in [0.2, 0.25) is 0 Å². The molecule has 10 heteroatoms. The normalized spacial score (nSPS) is 13.8. The van der Waals surface area contributed by atoms with Crippen molar-refractivity contribution >= 4 is 44.7 Å². The third-order valence-corrected chi connectivity index (χ3v) is 5.12. The summed E-state index contributed by atoms with van der Waals surface area (Å²) in [6.45, 7) is 0.262. The van der Waals surface area contributed by atoms with E-state index in [1.165, 1.54) is 27.4 Å². The Morgan fingerprint density at radius 3 is 2.44 bits per heavy atom. The number of hydrogen-bond acceptors (Lipinski definition) is 7. The van der Waals surface area contributed by atoms with Crippen molar-refractivity contribution in [2.24, 2.45) is 0 Å². The zero-order valence-electron chi connectivity index (χ0n) is 13.9. The van der Waals surface area contributed by atoms with Crippen LogP contribution >= 0.6 is 27.7 Å². The fourth-order valence-corrected chi connectivity index (χ4v) is 3.65. The van der Waals surface area contributed by atoms with Crippen LogP contribution in [-0.2, 0) is 4.79 Å². The lowest BCUT2D eigenvalue weighted by atomic mass is 10.1. The smallest absolute Gasteiger partial charge is 0.288 e. The molecule has 1 aromatic rings. The molecule has 0 saturated carbocycles. The molecule has 0 radical (unpaired) electrons. The third-order valence-electron chi connectivity index (χ3n) is 3.48. The van der Waals surface area contributed by atoms with Gasteiger partial charge in [-0.1, -0.05) is 11.8 Å². The van der Waals surface area contributed by atoms with E-state index in [1.807, 2.05) is 0 Å². The Balaban J connectivity index is 2.13. The molecule has 1 aromatic carbocycles. The van der Waals surface area contributed by atoms with E-state index < -0.39 is 5.91 Å². The highest BCUT2D eigenvalue weighted by molar-refractivity contribution is 9.10. The number of carbonyl (C=O) groups excluding carboxylic acids is 3. The molecule has 8 nitrogen and oxygen atoms in total. The molecular formula is C15H17BrN2O6S. The van der Waals surface area contributed by atoms with E-state index in [2.05, 4.69) is 21.2 Å². The first kappa shape index (κ1) is 19.4. The van der Waals surface area contributed by atoms with Gasteiger partial charge in [-0.25, -0.2) is 0 Å². The number of imide groups is 1. The molecule has 2 rings (SSSR count). The van der Waals surface area contributed by atoms with Crippen LogP contribution < -0.4 is 19.5 Å². The minimum atomic E-state index is -0.405. The highest BCUT2D eigenvalue weighted by Gasteiger charge is 2.29. The molecule has 1 aliphatic rings.